The summed E-state index contributed by atoms with van der Waals surface area (Å²) in [6, 6.07) is 12.5. The molecule has 0 unspecified atom stereocenters. The monoisotopic (exact) mass is 476 g/mol. The molecule has 11 heteroatoms. The molecule has 9 nitrogen and oxygen atoms in total. The first-order chi connectivity index (χ1) is 15.2. The zero-order valence-corrected chi connectivity index (χ0v) is 19.4. The van der Waals surface area contributed by atoms with Gasteiger partial charge in [-0.05, 0) is 30.5 Å². The number of rotatable bonds is 9. The fraction of sp³-hybridized carbons (Fsp3) is 0.333. The maximum absolute atomic E-state index is 12.9. The van der Waals surface area contributed by atoms with Crippen molar-refractivity contribution >= 4 is 44.7 Å². The van der Waals surface area contributed by atoms with Crippen LogP contribution in [0.15, 0.2) is 53.4 Å². The van der Waals surface area contributed by atoms with E-state index < -0.39 is 40.5 Å². The van der Waals surface area contributed by atoms with E-state index in [1.54, 1.807) is 26.0 Å². The van der Waals surface area contributed by atoms with Crippen molar-refractivity contribution in [3.05, 3.63) is 54.1 Å². The summed E-state index contributed by atoms with van der Waals surface area (Å²) in [7, 11) is -4.09. The van der Waals surface area contributed by atoms with E-state index in [0.29, 0.717) is 5.52 Å². The fourth-order valence-corrected chi connectivity index (χ4v) is 5.12. The maximum atomic E-state index is 12.9. The summed E-state index contributed by atoms with van der Waals surface area (Å²) in [5.74, 6) is -1.75. The van der Waals surface area contributed by atoms with Crippen molar-refractivity contribution in [2.45, 2.75) is 37.8 Å². The van der Waals surface area contributed by atoms with Crippen LogP contribution in [-0.2, 0) is 24.3 Å². The zero-order valence-electron chi connectivity index (χ0n) is 17.8. The molecule has 2 aromatic carbocycles. The lowest BCUT2D eigenvalue weighted by molar-refractivity contribution is -0.151. The van der Waals surface area contributed by atoms with Gasteiger partial charge >= 0.3 is 5.97 Å². The average molecular weight is 477 g/mol. The molecular formula is C21H24N4O5S2. The third-order valence-corrected chi connectivity index (χ3v) is 6.78. The molecule has 0 fully saturated rings. The van der Waals surface area contributed by atoms with Crippen molar-refractivity contribution in [1.82, 2.24) is 18.8 Å². The molecule has 3 aromatic rings. The van der Waals surface area contributed by atoms with Gasteiger partial charge in [0.2, 0.25) is 10.0 Å². The molecule has 0 spiro atoms. The van der Waals surface area contributed by atoms with Crippen LogP contribution in [0, 0.1) is 5.92 Å². The molecule has 1 aromatic heterocycles. The minimum absolute atomic E-state index is 0.0726. The van der Waals surface area contributed by atoms with Crippen molar-refractivity contribution < 1.29 is 22.7 Å². The van der Waals surface area contributed by atoms with Gasteiger partial charge in [-0.2, -0.15) is 13.5 Å². The van der Waals surface area contributed by atoms with E-state index in [0.717, 1.165) is 17.3 Å². The zero-order chi connectivity index (χ0) is 23.3. The molecule has 0 aliphatic heterocycles. The third kappa shape index (κ3) is 5.67. The molecule has 0 aliphatic carbocycles. The lowest BCUT2D eigenvalue weighted by atomic mass is 10.1. The first-order valence-corrected chi connectivity index (χ1v) is 12.1. The van der Waals surface area contributed by atoms with Crippen LogP contribution in [-0.4, -0.2) is 41.7 Å². The second-order valence-corrected chi connectivity index (χ2v) is 9.75. The van der Waals surface area contributed by atoms with Crippen LogP contribution >= 0.6 is 11.7 Å². The fourth-order valence-electron chi connectivity index (χ4n) is 3.02. The van der Waals surface area contributed by atoms with E-state index in [4.69, 9.17) is 4.74 Å². The highest BCUT2D eigenvalue weighted by Gasteiger charge is 2.31. The smallest absolute Gasteiger partial charge is 0.324 e. The first-order valence-electron chi connectivity index (χ1n) is 9.93. The van der Waals surface area contributed by atoms with Gasteiger partial charge in [-0.3, -0.25) is 9.59 Å². The van der Waals surface area contributed by atoms with Crippen molar-refractivity contribution in [3.8, 4) is 0 Å². The topological polar surface area (TPSA) is 127 Å². The number of hydrogen-bond acceptors (Lipinski definition) is 8. The number of esters is 1. The van der Waals surface area contributed by atoms with Gasteiger partial charge in [0.15, 0.2) is 6.61 Å². The number of benzene rings is 2. The molecule has 2 N–H and O–H groups in total. The predicted octanol–water partition coefficient (Wildman–Crippen LogP) is 2.41. The van der Waals surface area contributed by atoms with Crippen LogP contribution < -0.4 is 10.0 Å². The summed E-state index contributed by atoms with van der Waals surface area (Å²) in [4.78, 5) is 24.7. The molecule has 0 aliphatic rings. The molecule has 3 rings (SSSR count). The molecular weight excluding hydrogens is 452 g/mol. The summed E-state index contributed by atoms with van der Waals surface area (Å²) in [5, 5.41) is 2.74. The normalized spacial score (nSPS) is 13.6. The number of carbonyl (C=O) groups is 2. The minimum Gasteiger partial charge on any atom is -0.454 e. The second-order valence-electron chi connectivity index (χ2n) is 7.54. The lowest BCUT2D eigenvalue weighted by Gasteiger charge is -2.21. The largest absolute Gasteiger partial charge is 0.454 e. The van der Waals surface area contributed by atoms with Gasteiger partial charge in [0.25, 0.3) is 5.91 Å². The highest BCUT2D eigenvalue weighted by molar-refractivity contribution is 7.89. The standard InChI is InChI=1S/C21H24N4O5S2/c1-13(2)19(25-32(28,29)17-11-7-10-16-20(17)24-31-23-16)21(27)30-12-18(26)22-14(3)15-8-5-4-6-9-15/h4-11,13-14,19,25H,12H2,1-3H3,(H,22,26)/t14-,19+/m1/s1. The van der Waals surface area contributed by atoms with Crippen LogP contribution in [0.5, 0.6) is 0 Å². The number of nitrogens with zero attached hydrogens (tertiary/aromatic N) is 2. The molecule has 32 heavy (non-hydrogen) atoms. The molecule has 0 radical (unpaired) electrons. The average Bonchev–Trinajstić information content (AvgIpc) is 3.25. The first kappa shape index (κ1) is 23.8. The van der Waals surface area contributed by atoms with Crippen molar-refractivity contribution in [1.29, 1.82) is 0 Å². The second kappa shape index (κ2) is 10.2. The Morgan fingerprint density at radius 3 is 2.44 bits per heavy atom. The molecule has 0 saturated heterocycles. The number of sulfonamides is 1. The molecule has 1 heterocycles. The minimum atomic E-state index is -4.09. The van der Waals surface area contributed by atoms with Gasteiger partial charge in [0.1, 0.15) is 22.0 Å². The van der Waals surface area contributed by atoms with Crippen molar-refractivity contribution in [3.63, 3.8) is 0 Å². The number of fused-ring (bicyclic) bond motifs is 1. The van der Waals surface area contributed by atoms with E-state index in [-0.39, 0.29) is 16.5 Å². The van der Waals surface area contributed by atoms with Gasteiger partial charge in [0.05, 0.1) is 17.8 Å². The summed E-state index contributed by atoms with van der Waals surface area (Å²) in [6.07, 6.45) is 0. The number of carbonyl (C=O) groups excluding carboxylic acids is 2. The van der Waals surface area contributed by atoms with E-state index in [2.05, 4.69) is 18.8 Å². The van der Waals surface area contributed by atoms with E-state index in [1.807, 2.05) is 37.3 Å². The van der Waals surface area contributed by atoms with Crippen LogP contribution in [0.2, 0.25) is 0 Å². The summed E-state index contributed by atoms with van der Waals surface area (Å²) in [5.41, 5.74) is 1.59. The van der Waals surface area contributed by atoms with E-state index in [1.165, 1.54) is 6.07 Å². The Kier molecular flexibility index (Phi) is 7.54. The van der Waals surface area contributed by atoms with Gasteiger partial charge in [-0.15, -0.1) is 0 Å². The Balaban J connectivity index is 1.64. The Bertz CT molecular complexity index is 1200. The highest BCUT2D eigenvalue weighted by atomic mass is 32.2. The molecule has 1 amide bonds. The molecule has 0 saturated carbocycles. The van der Waals surface area contributed by atoms with Crippen LogP contribution in [0.25, 0.3) is 11.0 Å². The van der Waals surface area contributed by atoms with E-state index >= 15 is 0 Å². The van der Waals surface area contributed by atoms with Crippen LogP contribution in [0.3, 0.4) is 0 Å². The lowest BCUT2D eigenvalue weighted by Crippen LogP contribution is -2.46. The highest BCUT2D eigenvalue weighted by Crippen LogP contribution is 2.22. The van der Waals surface area contributed by atoms with Crippen LogP contribution in [0.1, 0.15) is 32.4 Å². The molecule has 0 bridgehead atoms. The van der Waals surface area contributed by atoms with Crippen molar-refractivity contribution in [2.24, 2.45) is 5.92 Å². The van der Waals surface area contributed by atoms with Gasteiger partial charge in [-0.25, -0.2) is 8.42 Å². The van der Waals surface area contributed by atoms with E-state index in [9.17, 15) is 18.0 Å². The molecule has 2 atom stereocenters. The summed E-state index contributed by atoms with van der Waals surface area (Å²) in [6.45, 7) is 4.65. The van der Waals surface area contributed by atoms with Crippen molar-refractivity contribution in [2.75, 3.05) is 6.61 Å². The predicted molar refractivity (Wildman–Crippen MR) is 120 cm³/mol. The third-order valence-electron chi connectivity index (χ3n) is 4.76. The Labute approximate surface area is 190 Å². The maximum Gasteiger partial charge on any atom is 0.324 e. The van der Waals surface area contributed by atoms with Gasteiger partial charge in [0, 0.05) is 0 Å². The van der Waals surface area contributed by atoms with Gasteiger partial charge < -0.3 is 10.1 Å². The Morgan fingerprint density at radius 1 is 1.03 bits per heavy atom. The SMILES string of the molecule is CC(C)[C@H](NS(=O)(=O)c1cccc2nsnc12)C(=O)OCC(=O)N[C@H](C)c1ccccc1. The Morgan fingerprint density at radius 2 is 1.75 bits per heavy atom. The number of amides is 1. The molecule has 170 valence electrons. The Hall–Kier alpha value is -2.89. The van der Waals surface area contributed by atoms with Crippen LogP contribution in [0.4, 0.5) is 0 Å². The number of ether oxygens (including phenoxy) is 1. The quantitative estimate of drug-likeness (QED) is 0.454. The summed E-state index contributed by atoms with van der Waals surface area (Å²) < 4.78 is 41.5. The summed E-state index contributed by atoms with van der Waals surface area (Å²) >= 11 is 0.901. The van der Waals surface area contributed by atoms with Gasteiger partial charge in [-0.1, -0.05) is 50.2 Å². The number of hydrogen-bond donors (Lipinski definition) is 2. The number of aromatic nitrogens is 2. The number of nitrogens with one attached hydrogen (secondary N) is 2.